The molecule has 0 bridgehead atoms. The van der Waals surface area contributed by atoms with Gasteiger partial charge in [-0.2, -0.15) is 4.39 Å². The normalized spacial score (nSPS) is 18.2. The maximum absolute atomic E-state index is 15.7. The van der Waals surface area contributed by atoms with Crippen LogP contribution >= 0.6 is 0 Å². The number of amides is 1. The van der Waals surface area contributed by atoms with E-state index in [4.69, 9.17) is 10.5 Å². The standard InChI is InChI=1S/C24H26F3N7O2/c1-4-36-23-15(25)8-13(10-30-23)16-9-14(22(35)33-24(2)6-5-7-34(3)12-24)18(26)19(31-16)17-11-29-21(28)20(27)32-17/h8-11H,4-7,12H2,1-3H3,(H2,28,29)(H,33,35)/t24-/m1/s1. The molecule has 1 amide bonds. The lowest BCUT2D eigenvalue weighted by atomic mass is 9.91. The van der Waals surface area contributed by atoms with Crippen LogP contribution in [-0.4, -0.2) is 63.0 Å². The van der Waals surface area contributed by atoms with Crippen LogP contribution in [0.5, 0.6) is 5.88 Å². The Labute approximate surface area is 205 Å². The second-order valence-electron chi connectivity index (χ2n) is 8.95. The number of hydrogen-bond acceptors (Lipinski definition) is 8. The largest absolute Gasteiger partial charge is 0.476 e. The first kappa shape index (κ1) is 25.3. The summed E-state index contributed by atoms with van der Waals surface area (Å²) in [4.78, 5) is 30.8. The van der Waals surface area contributed by atoms with Gasteiger partial charge in [-0.3, -0.25) is 4.79 Å². The number of rotatable bonds is 6. The fourth-order valence-corrected chi connectivity index (χ4v) is 4.25. The number of likely N-dealkylation sites (N-methyl/N-ethyl adjacent to an activating group) is 1. The number of carbonyl (C=O) groups excluding carboxylic acids is 1. The molecule has 0 radical (unpaired) electrons. The van der Waals surface area contributed by atoms with Gasteiger partial charge in [-0.15, -0.1) is 0 Å². The van der Waals surface area contributed by atoms with Crippen LogP contribution in [0.1, 0.15) is 37.0 Å². The molecule has 3 N–H and O–H groups in total. The Morgan fingerprint density at radius 2 is 1.97 bits per heavy atom. The lowest BCUT2D eigenvalue weighted by Crippen LogP contribution is -2.56. The SMILES string of the molecule is CCOc1ncc(-c2cc(C(=O)N[C@]3(C)CCCN(C)C3)c(F)c(-c3cnc(N)c(F)n3)n2)cc1F. The van der Waals surface area contributed by atoms with Gasteiger partial charge in [-0.25, -0.2) is 28.7 Å². The van der Waals surface area contributed by atoms with E-state index in [1.807, 2.05) is 14.0 Å². The monoisotopic (exact) mass is 501 g/mol. The number of aromatic nitrogens is 4. The predicted octanol–water partition coefficient (Wildman–Crippen LogP) is 3.21. The van der Waals surface area contributed by atoms with E-state index >= 15 is 4.39 Å². The number of ether oxygens (including phenoxy) is 1. The van der Waals surface area contributed by atoms with Crippen LogP contribution < -0.4 is 15.8 Å². The van der Waals surface area contributed by atoms with Crippen molar-refractivity contribution in [3.8, 4) is 28.5 Å². The molecule has 36 heavy (non-hydrogen) atoms. The Morgan fingerprint density at radius 1 is 1.19 bits per heavy atom. The Hall–Kier alpha value is -3.80. The van der Waals surface area contributed by atoms with Gasteiger partial charge in [-0.05, 0) is 52.4 Å². The van der Waals surface area contributed by atoms with Crippen LogP contribution in [0.4, 0.5) is 19.0 Å². The van der Waals surface area contributed by atoms with Crippen molar-refractivity contribution in [2.45, 2.75) is 32.2 Å². The lowest BCUT2D eigenvalue weighted by molar-refractivity contribution is 0.0834. The van der Waals surface area contributed by atoms with Crippen LogP contribution in [0.3, 0.4) is 0 Å². The van der Waals surface area contributed by atoms with E-state index in [9.17, 15) is 13.6 Å². The first-order valence-electron chi connectivity index (χ1n) is 11.4. The van der Waals surface area contributed by atoms with Gasteiger partial charge >= 0.3 is 0 Å². The summed E-state index contributed by atoms with van der Waals surface area (Å²) in [6, 6.07) is 2.30. The smallest absolute Gasteiger partial charge is 0.256 e. The third-order valence-electron chi connectivity index (χ3n) is 5.89. The summed E-state index contributed by atoms with van der Waals surface area (Å²) >= 11 is 0. The van der Waals surface area contributed by atoms with E-state index < -0.39 is 40.5 Å². The van der Waals surface area contributed by atoms with E-state index in [1.54, 1.807) is 6.92 Å². The zero-order valence-electron chi connectivity index (χ0n) is 20.1. The van der Waals surface area contributed by atoms with Crippen LogP contribution in [0.2, 0.25) is 0 Å². The molecule has 12 heteroatoms. The molecule has 0 spiro atoms. The van der Waals surface area contributed by atoms with Gasteiger partial charge in [-0.1, -0.05) is 0 Å². The van der Waals surface area contributed by atoms with Crippen molar-refractivity contribution in [2.75, 3.05) is 32.5 Å². The maximum Gasteiger partial charge on any atom is 0.256 e. The van der Waals surface area contributed by atoms with Crippen LogP contribution in [0.25, 0.3) is 22.6 Å². The van der Waals surface area contributed by atoms with Crippen molar-refractivity contribution < 1.29 is 22.7 Å². The van der Waals surface area contributed by atoms with E-state index in [-0.39, 0.29) is 35.0 Å². The number of nitrogens with one attached hydrogen (secondary N) is 1. The molecule has 1 aliphatic rings. The molecule has 3 aromatic rings. The number of nitrogens with zero attached hydrogens (tertiary/aromatic N) is 5. The van der Waals surface area contributed by atoms with Crippen LogP contribution in [0, 0.1) is 17.6 Å². The lowest BCUT2D eigenvalue weighted by Gasteiger charge is -2.39. The van der Waals surface area contributed by atoms with E-state index in [0.717, 1.165) is 25.2 Å². The summed E-state index contributed by atoms with van der Waals surface area (Å²) in [7, 11) is 1.94. The molecule has 1 saturated heterocycles. The maximum atomic E-state index is 15.7. The zero-order chi connectivity index (χ0) is 26.0. The number of halogens is 3. The summed E-state index contributed by atoms with van der Waals surface area (Å²) in [6.07, 6.45) is 3.90. The molecule has 9 nitrogen and oxygen atoms in total. The third kappa shape index (κ3) is 5.23. The first-order chi connectivity index (χ1) is 17.1. The number of anilines is 1. The second kappa shape index (κ2) is 10.1. The molecule has 0 saturated carbocycles. The second-order valence-corrected chi connectivity index (χ2v) is 8.95. The van der Waals surface area contributed by atoms with Crippen LogP contribution in [-0.2, 0) is 0 Å². The molecule has 3 aromatic heterocycles. The first-order valence-corrected chi connectivity index (χ1v) is 11.4. The number of hydrogen-bond donors (Lipinski definition) is 2. The quantitative estimate of drug-likeness (QED) is 0.529. The Morgan fingerprint density at radius 3 is 2.64 bits per heavy atom. The number of likely N-dealkylation sites (tertiary alicyclic amines) is 1. The highest BCUT2D eigenvalue weighted by Crippen LogP contribution is 2.30. The predicted molar refractivity (Wildman–Crippen MR) is 127 cm³/mol. The minimum absolute atomic E-state index is 0.0240. The molecular formula is C24H26F3N7O2. The number of carbonyl (C=O) groups is 1. The molecule has 0 unspecified atom stereocenters. The highest BCUT2D eigenvalue weighted by molar-refractivity contribution is 5.97. The molecule has 1 fully saturated rings. The molecule has 0 aliphatic carbocycles. The van der Waals surface area contributed by atoms with E-state index in [2.05, 4.69) is 30.2 Å². The summed E-state index contributed by atoms with van der Waals surface area (Å²) < 4.78 is 49.4. The Kier molecular flexibility index (Phi) is 7.07. The van der Waals surface area contributed by atoms with E-state index in [1.165, 1.54) is 12.3 Å². The number of pyridine rings is 2. The Balaban J connectivity index is 1.82. The summed E-state index contributed by atoms with van der Waals surface area (Å²) in [5.74, 6) is -4.27. The molecule has 0 aromatic carbocycles. The number of piperidine rings is 1. The average molecular weight is 502 g/mol. The van der Waals surface area contributed by atoms with Gasteiger partial charge in [0.15, 0.2) is 17.5 Å². The summed E-state index contributed by atoms with van der Waals surface area (Å²) in [5.41, 5.74) is 3.89. The third-order valence-corrected chi connectivity index (χ3v) is 5.89. The molecule has 4 heterocycles. The van der Waals surface area contributed by atoms with Crippen molar-refractivity contribution >= 4 is 11.7 Å². The van der Waals surface area contributed by atoms with Crippen molar-refractivity contribution in [1.29, 1.82) is 0 Å². The highest BCUT2D eigenvalue weighted by Gasteiger charge is 2.33. The van der Waals surface area contributed by atoms with Crippen molar-refractivity contribution in [1.82, 2.24) is 30.2 Å². The molecule has 1 aliphatic heterocycles. The highest BCUT2D eigenvalue weighted by atomic mass is 19.1. The van der Waals surface area contributed by atoms with Crippen molar-refractivity contribution in [3.05, 3.63) is 47.7 Å². The molecule has 1 atom stereocenters. The summed E-state index contributed by atoms with van der Waals surface area (Å²) in [6.45, 7) is 5.25. The van der Waals surface area contributed by atoms with Crippen LogP contribution in [0.15, 0.2) is 24.5 Å². The molecule has 190 valence electrons. The van der Waals surface area contributed by atoms with Crippen molar-refractivity contribution in [3.63, 3.8) is 0 Å². The fourth-order valence-electron chi connectivity index (χ4n) is 4.25. The molecule has 4 rings (SSSR count). The van der Waals surface area contributed by atoms with Gasteiger partial charge in [0.05, 0.1) is 29.6 Å². The van der Waals surface area contributed by atoms with Gasteiger partial charge in [0.1, 0.15) is 11.4 Å². The fraction of sp³-hybridized carbons (Fsp3) is 0.375. The molecular weight excluding hydrogens is 475 g/mol. The Bertz CT molecular complexity index is 1310. The van der Waals surface area contributed by atoms with Gasteiger partial charge in [0.25, 0.3) is 11.9 Å². The van der Waals surface area contributed by atoms with Crippen molar-refractivity contribution in [2.24, 2.45) is 0 Å². The summed E-state index contributed by atoms with van der Waals surface area (Å²) in [5, 5.41) is 2.91. The average Bonchev–Trinajstić information content (AvgIpc) is 2.82. The van der Waals surface area contributed by atoms with Gasteiger partial charge < -0.3 is 20.7 Å². The zero-order valence-corrected chi connectivity index (χ0v) is 20.1. The topological polar surface area (TPSA) is 119 Å². The minimum atomic E-state index is -1.11. The van der Waals surface area contributed by atoms with Gasteiger partial charge in [0.2, 0.25) is 5.88 Å². The number of nitrogen functional groups attached to an aromatic ring is 1. The van der Waals surface area contributed by atoms with Gasteiger partial charge in [0, 0.05) is 18.3 Å². The number of nitrogens with two attached hydrogens (primary N) is 1. The minimum Gasteiger partial charge on any atom is -0.476 e. The van der Waals surface area contributed by atoms with E-state index in [0.29, 0.717) is 13.0 Å².